The molecular weight excluding hydrogens is 275 g/mol. The molecule has 0 aromatic carbocycles. The highest BCUT2D eigenvalue weighted by atomic mass is 19.4. The molecule has 0 spiro atoms. The summed E-state index contributed by atoms with van der Waals surface area (Å²) in [6.07, 6.45) is -4.80. The first kappa shape index (κ1) is 16.2. The summed E-state index contributed by atoms with van der Waals surface area (Å²) >= 11 is 0. The summed E-state index contributed by atoms with van der Waals surface area (Å²) in [7, 11) is 1.53. The van der Waals surface area contributed by atoms with Crippen LogP contribution in [0.4, 0.5) is 19.0 Å². The average Bonchev–Trinajstić information content (AvgIpc) is 2.35. The number of ether oxygens (including phenoxy) is 1. The van der Waals surface area contributed by atoms with E-state index >= 15 is 0 Å². The van der Waals surface area contributed by atoms with Gasteiger partial charge in [0.1, 0.15) is 6.04 Å². The molecule has 0 saturated heterocycles. The molecule has 0 fully saturated rings. The molecule has 0 saturated carbocycles. The lowest BCUT2D eigenvalue weighted by atomic mass is 10.3. The Morgan fingerprint density at radius 1 is 1.25 bits per heavy atom. The number of nitrogens with zero attached hydrogens (tertiary/aromatic N) is 3. The second-order valence-electron chi connectivity index (χ2n) is 4.55. The van der Waals surface area contributed by atoms with E-state index in [1.807, 2.05) is 0 Å². The van der Waals surface area contributed by atoms with Crippen molar-refractivity contribution in [3.63, 3.8) is 0 Å². The van der Waals surface area contributed by atoms with Gasteiger partial charge in [0.25, 0.3) is 0 Å². The van der Waals surface area contributed by atoms with Gasteiger partial charge >= 0.3 is 12.1 Å². The van der Waals surface area contributed by atoms with Crippen molar-refractivity contribution in [3.8, 4) is 0 Å². The Morgan fingerprint density at radius 3 is 2.25 bits per heavy atom. The van der Waals surface area contributed by atoms with E-state index in [-0.39, 0.29) is 11.9 Å². The topological polar surface area (TPSA) is 55.3 Å². The zero-order valence-electron chi connectivity index (χ0n) is 11.6. The van der Waals surface area contributed by atoms with Gasteiger partial charge in [-0.1, -0.05) is 0 Å². The van der Waals surface area contributed by atoms with E-state index < -0.39 is 23.9 Å². The maximum absolute atomic E-state index is 12.4. The van der Waals surface area contributed by atoms with Crippen molar-refractivity contribution in [2.24, 2.45) is 0 Å². The van der Waals surface area contributed by atoms with Crippen molar-refractivity contribution >= 4 is 11.8 Å². The van der Waals surface area contributed by atoms with Crippen LogP contribution in [0.25, 0.3) is 0 Å². The number of likely N-dealkylation sites (N-methyl/N-ethyl adjacent to an activating group) is 1. The molecule has 1 rings (SSSR count). The molecule has 0 aliphatic rings. The third-order valence-corrected chi connectivity index (χ3v) is 2.58. The van der Waals surface area contributed by atoms with E-state index in [2.05, 4.69) is 10.2 Å². The molecule has 1 heterocycles. The largest absolute Gasteiger partial charge is 0.461 e. The first-order chi connectivity index (χ1) is 9.12. The summed E-state index contributed by atoms with van der Waals surface area (Å²) in [5.74, 6) is -0.324. The van der Waals surface area contributed by atoms with Crippen LogP contribution in [0.2, 0.25) is 0 Å². The monoisotopic (exact) mass is 291 g/mol. The average molecular weight is 291 g/mol. The maximum atomic E-state index is 12.4. The van der Waals surface area contributed by atoms with Gasteiger partial charge in [-0.15, -0.1) is 10.2 Å². The predicted molar refractivity (Wildman–Crippen MR) is 66.1 cm³/mol. The number of anilines is 1. The number of aromatic nitrogens is 2. The molecule has 5 nitrogen and oxygen atoms in total. The van der Waals surface area contributed by atoms with Gasteiger partial charge in [-0.2, -0.15) is 13.2 Å². The first-order valence-electron chi connectivity index (χ1n) is 5.97. The number of hydrogen-bond donors (Lipinski definition) is 0. The Bertz CT molecular complexity index is 460. The van der Waals surface area contributed by atoms with Gasteiger partial charge in [0.2, 0.25) is 0 Å². The molecule has 0 N–H and O–H groups in total. The van der Waals surface area contributed by atoms with Crippen LogP contribution < -0.4 is 4.90 Å². The van der Waals surface area contributed by atoms with Crippen LogP contribution in [0.5, 0.6) is 0 Å². The molecular formula is C12H16F3N3O2. The Balaban J connectivity index is 2.82. The predicted octanol–water partition coefficient (Wildman–Crippen LogP) is 2.27. The quantitative estimate of drug-likeness (QED) is 0.797. The standard InChI is InChI=1S/C12H16F3N3O2/c1-7(2)20-11(19)8(3)18(4)10-6-5-9(16-17-10)12(13,14)15/h5-8H,1-4H3. The van der Waals surface area contributed by atoms with Gasteiger partial charge in [-0.25, -0.2) is 4.79 Å². The maximum Gasteiger partial charge on any atom is 0.435 e. The van der Waals surface area contributed by atoms with E-state index in [1.54, 1.807) is 20.8 Å². The van der Waals surface area contributed by atoms with Gasteiger partial charge in [-0.05, 0) is 32.9 Å². The molecule has 1 aromatic heterocycles. The van der Waals surface area contributed by atoms with Crippen LogP contribution in [0.3, 0.4) is 0 Å². The fourth-order valence-electron chi connectivity index (χ4n) is 1.35. The van der Waals surface area contributed by atoms with E-state index in [1.165, 1.54) is 11.9 Å². The fourth-order valence-corrected chi connectivity index (χ4v) is 1.35. The van der Waals surface area contributed by atoms with Crippen LogP contribution in [0.15, 0.2) is 12.1 Å². The first-order valence-corrected chi connectivity index (χ1v) is 5.97. The van der Waals surface area contributed by atoms with Crippen LogP contribution in [-0.2, 0) is 15.7 Å². The highest BCUT2D eigenvalue weighted by Gasteiger charge is 2.33. The van der Waals surface area contributed by atoms with E-state index in [9.17, 15) is 18.0 Å². The van der Waals surface area contributed by atoms with Crippen molar-refractivity contribution in [1.29, 1.82) is 0 Å². The summed E-state index contributed by atoms with van der Waals surface area (Å²) < 4.78 is 42.1. The Kier molecular flexibility index (Phi) is 4.91. The van der Waals surface area contributed by atoms with Crippen LogP contribution in [0.1, 0.15) is 26.5 Å². The van der Waals surface area contributed by atoms with Gasteiger partial charge in [-0.3, -0.25) is 0 Å². The third kappa shape index (κ3) is 4.07. The normalized spacial score (nSPS) is 13.2. The second kappa shape index (κ2) is 6.06. The number of rotatable bonds is 4. The smallest absolute Gasteiger partial charge is 0.435 e. The molecule has 0 bridgehead atoms. The highest BCUT2D eigenvalue weighted by molar-refractivity contribution is 5.79. The fraction of sp³-hybridized carbons (Fsp3) is 0.583. The van der Waals surface area contributed by atoms with Crippen molar-refractivity contribution in [3.05, 3.63) is 17.8 Å². The van der Waals surface area contributed by atoms with Gasteiger partial charge in [0.05, 0.1) is 6.10 Å². The number of hydrogen-bond acceptors (Lipinski definition) is 5. The van der Waals surface area contributed by atoms with Crippen molar-refractivity contribution in [2.45, 2.75) is 39.1 Å². The minimum absolute atomic E-state index is 0.159. The van der Waals surface area contributed by atoms with Crippen molar-refractivity contribution in [2.75, 3.05) is 11.9 Å². The zero-order valence-corrected chi connectivity index (χ0v) is 11.6. The lowest BCUT2D eigenvalue weighted by Gasteiger charge is -2.24. The lowest BCUT2D eigenvalue weighted by Crippen LogP contribution is -2.38. The third-order valence-electron chi connectivity index (χ3n) is 2.58. The molecule has 1 unspecified atom stereocenters. The van der Waals surface area contributed by atoms with E-state index in [4.69, 9.17) is 4.74 Å². The minimum Gasteiger partial charge on any atom is -0.461 e. The summed E-state index contributed by atoms with van der Waals surface area (Å²) in [5.41, 5.74) is -1.08. The van der Waals surface area contributed by atoms with E-state index in [0.29, 0.717) is 0 Å². The molecule has 1 atom stereocenters. The van der Waals surface area contributed by atoms with Gasteiger partial charge in [0, 0.05) is 7.05 Å². The molecule has 0 radical (unpaired) electrons. The Morgan fingerprint density at radius 2 is 1.85 bits per heavy atom. The van der Waals surface area contributed by atoms with Crippen LogP contribution in [0, 0.1) is 0 Å². The van der Waals surface area contributed by atoms with Gasteiger partial charge < -0.3 is 9.64 Å². The summed E-state index contributed by atoms with van der Waals surface area (Å²) in [6.45, 7) is 5.00. The zero-order chi connectivity index (χ0) is 15.5. The molecule has 0 aliphatic heterocycles. The second-order valence-corrected chi connectivity index (χ2v) is 4.55. The lowest BCUT2D eigenvalue weighted by molar-refractivity contribution is -0.148. The SMILES string of the molecule is CC(C)OC(=O)C(C)N(C)c1ccc(C(F)(F)F)nn1. The molecule has 0 amide bonds. The molecule has 1 aromatic rings. The molecule has 20 heavy (non-hydrogen) atoms. The van der Waals surface area contributed by atoms with Gasteiger partial charge in [0.15, 0.2) is 11.5 Å². The minimum atomic E-state index is -4.54. The number of esters is 1. The number of halogens is 3. The summed E-state index contributed by atoms with van der Waals surface area (Å²) in [5, 5.41) is 6.58. The van der Waals surface area contributed by atoms with E-state index in [0.717, 1.165) is 12.1 Å². The highest BCUT2D eigenvalue weighted by Crippen LogP contribution is 2.27. The van der Waals surface area contributed by atoms with Crippen molar-refractivity contribution < 1.29 is 22.7 Å². The number of alkyl halides is 3. The summed E-state index contributed by atoms with van der Waals surface area (Å²) in [6, 6.07) is 1.30. The summed E-state index contributed by atoms with van der Waals surface area (Å²) in [4.78, 5) is 13.1. The molecule has 112 valence electrons. The number of carbonyl (C=O) groups excluding carboxylic acids is 1. The Labute approximate surface area is 114 Å². The molecule has 8 heteroatoms. The van der Waals surface area contributed by atoms with Crippen molar-refractivity contribution in [1.82, 2.24) is 10.2 Å². The Hall–Kier alpha value is -1.86. The molecule has 0 aliphatic carbocycles. The van der Waals surface area contributed by atoms with Crippen LogP contribution >= 0.6 is 0 Å². The van der Waals surface area contributed by atoms with Crippen LogP contribution in [-0.4, -0.2) is 35.4 Å². The number of carbonyl (C=O) groups is 1.